The molecule has 0 saturated heterocycles. The lowest BCUT2D eigenvalue weighted by atomic mass is 10.1. The molecule has 0 aliphatic heterocycles. The van der Waals surface area contributed by atoms with Gasteiger partial charge < -0.3 is 4.90 Å². The molecule has 1 N–H and O–H groups in total. The molecule has 0 unspecified atom stereocenters. The minimum atomic E-state index is -4.04. The number of amides is 1. The van der Waals surface area contributed by atoms with Crippen LogP contribution >= 0.6 is 0 Å². The highest BCUT2D eigenvalue weighted by Crippen LogP contribution is 2.20. The van der Waals surface area contributed by atoms with Crippen molar-refractivity contribution in [3.63, 3.8) is 0 Å². The van der Waals surface area contributed by atoms with Crippen LogP contribution in [0.15, 0.2) is 83.8 Å². The molecule has 5 nitrogen and oxygen atoms in total. The number of hydrogen-bond acceptors (Lipinski definition) is 3. The predicted octanol–water partition coefficient (Wildman–Crippen LogP) is 3.90. The number of rotatable bonds is 6. The molecule has 0 aromatic heterocycles. The maximum Gasteiger partial charge on any atom is 0.262 e. The Morgan fingerprint density at radius 2 is 1.64 bits per heavy atom. The fourth-order valence-corrected chi connectivity index (χ4v) is 3.81. The molecule has 3 aromatic rings. The first-order chi connectivity index (χ1) is 13.4. The molecule has 0 saturated carbocycles. The van der Waals surface area contributed by atoms with Gasteiger partial charge in [0, 0.05) is 19.2 Å². The Balaban J connectivity index is 1.81. The summed E-state index contributed by atoms with van der Waals surface area (Å²) >= 11 is 0. The number of sulfonamides is 1. The topological polar surface area (TPSA) is 66.5 Å². The maximum atomic E-state index is 13.8. The average Bonchev–Trinajstić information content (AvgIpc) is 2.70. The second-order valence-electron chi connectivity index (χ2n) is 6.26. The molecular weight excluding hydrogens is 379 g/mol. The number of nitrogens with one attached hydrogen (secondary N) is 1. The van der Waals surface area contributed by atoms with E-state index in [-0.39, 0.29) is 22.1 Å². The number of nitrogens with zero attached hydrogens (tertiary/aromatic N) is 1. The Labute approximate surface area is 163 Å². The normalized spacial score (nSPS) is 11.1. The van der Waals surface area contributed by atoms with Crippen molar-refractivity contribution in [2.24, 2.45) is 0 Å². The van der Waals surface area contributed by atoms with Gasteiger partial charge in [-0.25, -0.2) is 12.8 Å². The molecule has 0 atom stereocenters. The van der Waals surface area contributed by atoms with Gasteiger partial charge in [-0.1, -0.05) is 48.5 Å². The van der Waals surface area contributed by atoms with E-state index in [0.717, 1.165) is 11.6 Å². The van der Waals surface area contributed by atoms with Gasteiger partial charge in [-0.2, -0.15) is 0 Å². The monoisotopic (exact) mass is 398 g/mol. The number of benzene rings is 3. The van der Waals surface area contributed by atoms with Crippen molar-refractivity contribution in [2.75, 3.05) is 11.8 Å². The minimum absolute atomic E-state index is 0.116. The highest BCUT2D eigenvalue weighted by atomic mass is 32.2. The molecule has 0 bridgehead atoms. The van der Waals surface area contributed by atoms with E-state index < -0.39 is 15.8 Å². The quantitative estimate of drug-likeness (QED) is 0.685. The van der Waals surface area contributed by atoms with Crippen LogP contribution in [0.4, 0.5) is 10.1 Å². The molecule has 3 rings (SSSR count). The summed E-state index contributed by atoms with van der Waals surface area (Å²) in [5.74, 6) is -0.993. The van der Waals surface area contributed by atoms with Gasteiger partial charge in [0.15, 0.2) is 0 Å². The third-order valence-corrected chi connectivity index (χ3v) is 5.48. The summed E-state index contributed by atoms with van der Waals surface area (Å²) in [6.07, 6.45) is 0. The zero-order chi connectivity index (χ0) is 20.1. The number of halogens is 1. The van der Waals surface area contributed by atoms with E-state index in [0.29, 0.717) is 6.54 Å². The van der Waals surface area contributed by atoms with Crippen molar-refractivity contribution < 1.29 is 17.6 Å². The van der Waals surface area contributed by atoms with Crippen LogP contribution in [0.1, 0.15) is 15.9 Å². The highest BCUT2D eigenvalue weighted by Gasteiger charge is 2.19. The standard InChI is InChI=1S/C21H19FN2O3S/c1-24(15-16-8-3-2-4-9-16)21(25)17-10-7-11-18(14-17)28(26,27)23-20-13-6-5-12-19(20)22/h2-14,23H,15H2,1H3. The van der Waals surface area contributed by atoms with Crippen LogP contribution < -0.4 is 4.72 Å². The molecule has 0 fully saturated rings. The summed E-state index contributed by atoms with van der Waals surface area (Å²) < 4.78 is 41.2. The second kappa shape index (κ2) is 8.22. The van der Waals surface area contributed by atoms with Gasteiger partial charge in [0.2, 0.25) is 0 Å². The van der Waals surface area contributed by atoms with Crippen LogP contribution in [0.25, 0.3) is 0 Å². The van der Waals surface area contributed by atoms with Crippen molar-refractivity contribution in [2.45, 2.75) is 11.4 Å². The number of para-hydroxylation sites is 1. The SMILES string of the molecule is CN(Cc1ccccc1)C(=O)c1cccc(S(=O)(=O)Nc2ccccc2F)c1. The van der Waals surface area contributed by atoms with Crippen LogP contribution in [0.2, 0.25) is 0 Å². The molecular formula is C21H19FN2O3S. The van der Waals surface area contributed by atoms with Gasteiger partial charge in [0.1, 0.15) is 5.82 Å². The lowest BCUT2D eigenvalue weighted by Gasteiger charge is -2.18. The van der Waals surface area contributed by atoms with Gasteiger partial charge in [-0.3, -0.25) is 9.52 Å². The van der Waals surface area contributed by atoms with Crippen molar-refractivity contribution in [1.82, 2.24) is 4.90 Å². The van der Waals surface area contributed by atoms with E-state index in [1.807, 2.05) is 30.3 Å². The third-order valence-electron chi connectivity index (χ3n) is 4.12. The van der Waals surface area contributed by atoms with E-state index in [1.54, 1.807) is 13.1 Å². The minimum Gasteiger partial charge on any atom is -0.337 e. The Morgan fingerprint density at radius 1 is 0.964 bits per heavy atom. The molecule has 3 aromatic carbocycles. The molecule has 144 valence electrons. The zero-order valence-corrected chi connectivity index (χ0v) is 16.0. The van der Waals surface area contributed by atoms with Crippen molar-refractivity contribution in [1.29, 1.82) is 0 Å². The van der Waals surface area contributed by atoms with Crippen molar-refractivity contribution >= 4 is 21.6 Å². The second-order valence-corrected chi connectivity index (χ2v) is 7.94. The molecule has 7 heteroatoms. The summed E-state index contributed by atoms with van der Waals surface area (Å²) in [7, 11) is -2.39. The van der Waals surface area contributed by atoms with E-state index >= 15 is 0 Å². The largest absolute Gasteiger partial charge is 0.337 e. The summed E-state index contributed by atoms with van der Waals surface area (Å²) in [6.45, 7) is 0.393. The highest BCUT2D eigenvalue weighted by molar-refractivity contribution is 7.92. The Morgan fingerprint density at radius 3 is 2.36 bits per heavy atom. The molecule has 28 heavy (non-hydrogen) atoms. The smallest absolute Gasteiger partial charge is 0.262 e. The van der Waals surface area contributed by atoms with Crippen LogP contribution in [-0.4, -0.2) is 26.3 Å². The average molecular weight is 398 g/mol. The summed E-state index contributed by atoms with van der Waals surface area (Å²) in [4.78, 5) is 14.1. The molecule has 0 spiro atoms. The van der Waals surface area contributed by atoms with Crippen LogP contribution in [0.3, 0.4) is 0 Å². The molecule has 1 amide bonds. The molecule has 0 heterocycles. The Bertz CT molecular complexity index is 1090. The lowest BCUT2D eigenvalue weighted by molar-refractivity contribution is 0.0785. The molecule has 0 radical (unpaired) electrons. The molecule has 0 aliphatic rings. The van der Waals surface area contributed by atoms with Crippen LogP contribution in [0.5, 0.6) is 0 Å². The first-order valence-electron chi connectivity index (χ1n) is 8.53. The maximum absolute atomic E-state index is 13.8. The fourth-order valence-electron chi connectivity index (χ4n) is 2.69. The lowest BCUT2D eigenvalue weighted by Crippen LogP contribution is -2.26. The van der Waals surface area contributed by atoms with Crippen molar-refractivity contribution in [3.05, 3.63) is 95.8 Å². The van der Waals surface area contributed by atoms with E-state index in [4.69, 9.17) is 0 Å². The fraction of sp³-hybridized carbons (Fsp3) is 0.0952. The first kappa shape index (κ1) is 19.6. The number of carbonyl (C=O) groups excluding carboxylic acids is 1. The number of hydrogen-bond donors (Lipinski definition) is 1. The van der Waals surface area contributed by atoms with Gasteiger partial charge in [-0.05, 0) is 35.9 Å². The van der Waals surface area contributed by atoms with Gasteiger partial charge in [0.25, 0.3) is 15.9 Å². The summed E-state index contributed by atoms with van der Waals surface area (Å²) in [5.41, 5.74) is 1.04. The predicted molar refractivity (Wildman–Crippen MR) is 106 cm³/mol. The van der Waals surface area contributed by atoms with Gasteiger partial charge >= 0.3 is 0 Å². The van der Waals surface area contributed by atoms with Crippen molar-refractivity contribution in [3.8, 4) is 0 Å². The van der Waals surface area contributed by atoms with E-state index in [9.17, 15) is 17.6 Å². The molecule has 0 aliphatic carbocycles. The third kappa shape index (κ3) is 4.55. The first-order valence-corrected chi connectivity index (χ1v) is 10.0. The van der Waals surface area contributed by atoms with E-state index in [1.165, 1.54) is 41.3 Å². The van der Waals surface area contributed by atoms with Crippen LogP contribution in [0, 0.1) is 5.82 Å². The Kier molecular flexibility index (Phi) is 5.75. The Hall–Kier alpha value is -3.19. The number of anilines is 1. The zero-order valence-electron chi connectivity index (χ0n) is 15.2. The number of carbonyl (C=O) groups is 1. The summed E-state index contributed by atoms with van der Waals surface area (Å²) in [6, 6.07) is 20.6. The van der Waals surface area contributed by atoms with E-state index in [2.05, 4.69) is 4.72 Å². The van der Waals surface area contributed by atoms with Gasteiger partial charge in [-0.15, -0.1) is 0 Å². The summed E-state index contributed by atoms with van der Waals surface area (Å²) in [5, 5.41) is 0. The van der Waals surface area contributed by atoms with Crippen LogP contribution in [-0.2, 0) is 16.6 Å². The van der Waals surface area contributed by atoms with Gasteiger partial charge in [0.05, 0.1) is 10.6 Å².